The number of ether oxygens (including phenoxy) is 1. The second kappa shape index (κ2) is 17.1. The highest BCUT2D eigenvalue weighted by atomic mass is 35.5. The van der Waals surface area contributed by atoms with Crippen LogP contribution >= 0.6 is 34.8 Å². The molecule has 0 saturated heterocycles. The van der Waals surface area contributed by atoms with Gasteiger partial charge in [0, 0.05) is 11.4 Å². The number of hydrogen-bond acceptors (Lipinski definition) is 5. The van der Waals surface area contributed by atoms with Gasteiger partial charge in [-0.1, -0.05) is 85.0 Å². The first-order valence-electron chi connectivity index (χ1n) is 14.7. The van der Waals surface area contributed by atoms with E-state index in [1.54, 1.807) is 60.7 Å². The summed E-state index contributed by atoms with van der Waals surface area (Å²) >= 11 is 18.2. The lowest BCUT2D eigenvalue weighted by Gasteiger charge is -2.28. The van der Waals surface area contributed by atoms with Gasteiger partial charge in [0.25, 0.3) is 5.91 Å². The van der Waals surface area contributed by atoms with E-state index in [0.29, 0.717) is 21.9 Å². The smallest absolute Gasteiger partial charge is 0.405 e. The molecule has 3 rings (SSSR count). The number of ketones is 1. The molecule has 0 heterocycles. The second-order valence-corrected chi connectivity index (χ2v) is 12.5. The second-order valence-electron chi connectivity index (χ2n) is 11.2. The van der Waals surface area contributed by atoms with Gasteiger partial charge in [-0.25, -0.2) is 0 Å². The topological polar surface area (TPSA) is 114 Å². The first-order chi connectivity index (χ1) is 22.9. The van der Waals surface area contributed by atoms with Gasteiger partial charge in [-0.3, -0.25) is 19.2 Å². The molecule has 3 amide bonds. The molecule has 3 aromatic carbocycles. The Morgan fingerprint density at radius 3 is 2.02 bits per heavy atom. The largest absolute Gasteiger partial charge is 0.485 e. The fourth-order valence-electron chi connectivity index (χ4n) is 4.49. The van der Waals surface area contributed by atoms with Crippen molar-refractivity contribution in [3.63, 3.8) is 0 Å². The highest BCUT2D eigenvalue weighted by Crippen LogP contribution is 2.31. The van der Waals surface area contributed by atoms with Gasteiger partial charge in [-0.05, 0) is 53.4 Å². The Bertz CT molecular complexity index is 1630. The molecule has 0 bridgehead atoms. The van der Waals surface area contributed by atoms with Crippen molar-refractivity contribution >= 4 is 58.3 Å². The highest BCUT2D eigenvalue weighted by Gasteiger charge is 2.52. The van der Waals surface area contributed by atoms with Gasteiger partial charge < -0.3 is 20.7 Å². The molecule has 0 saturated carbocycles. The number of benzene rings is 3. The minimum atomic E-state index is -5.01. The van der Waals surface area contributed by atoms with Crippen molar-refractivity contribution in [2.75, 3.05) is 6.54 Å². The Labute approximate surface area is 293 Å². The average molecular weight is 751 g/mol. The maximum Gasteiger partial charge on any atom is 0.405 e. The minimum Gasteiger partial charge on any atom is -0.485 e. The Balaban J connectivity index is 1.86. The summed E-state index contributed by atoms with van der Waals surface area (Å²) in [5, 5.41) is 6.56. The predicted molar refractivity (Wildman–Crippen MR) is 174 cm³/mol. The number of nitrogens with one attached hydrogen (secondary N) is 3. The average Bonchev–Trinajstić information content (AvgIpc) is 3.03. The van der Waals surface area contributed by atoms with Crippen molar-refractivity contribution in [2.24, 2.45) is 5.92 Å². The Kier molecular flexibility index (Phi) is 13.8. The molecular formula is C33H31Cl3F5N3O5. The van der Waals surface area contributed by atoms with Crippen LogP contribution < -0.4 is 20.7 Å². The molecule has 2 unspecified atom stereocenters. The molecule has 0 aliphatic carbocycles. The lowest BCUT2D eigenvalue weighted by Crippen LogP contribution is -2.59. The molecule has 264 valence electrons. The first-order valence-corrected chi connectivity index (χ1v) is 15.8. The van der Waals surface area contributed by atoms with Gasteiger partial charge in [0.15, 0.2) is 0 Å². The normalized spacial score (nSPS) is 13.6. The molecule has 3 N–H and O–H groups in total. The number of carbonyl (C=O) groups excluding carboxylic acids is 4. The van der Waals surface area contributed by atoms with Crippen molar-refractivity contribution < 1.29 is 45.9 Å². The van der Waals surface area contributed by atoms with Crippen molar-refractivity contribution in [3.8, 4) is 5.75 Å². The number of amides is 3. The molecule has 0 aromatic heterocycles. The zero-order valence-electron chi connectivity index (χ0n) is 25.9. The van der Waals surface area contributed by atoms with Crippen LogP contribution in [-0.4, -0.2) is 54.2 Å². The van der Waals surface area contributed by atoms with Crippen LogP contribution in [0.4, 0.5) is 22.0 Å². The molecule has 8 nitrogen and oxygen atoms in total. The maximum absolute atomic E-state index is 14.8. The van der Waals surface area contributed by atoms with Crippen LogP contribution in [0.5, 0.6) is 5.75 Å². The molecule has 3 aromatic rings. The van der Waals surface area contributed by atoms with Crippen LogP contribution in [-0.2, 0) is 25.6 Å². The first kappa shape index (κ1) is 39.5. The summed E-state index contributed by atoms with van der Waals surface area (Å²) in [6, 6.07) is 15.7. The van der Waals surface area contributed by atoms with E-state index in [4.69, 9.17) is 39.5 Å². The fourth-order valence-corrected chi connectivity index (χ4v) is 4.92. The summed E-state index contributed by atoms with van der Waals surface area (Å²) in [7, 11) is 0. The van der Waals surface area contributed by atoms with Crippen LogP contribution in [0.3, 0.4) is 0 Å². The number of carbonyl (C=O) groups is 4. The Hall–Kier alpha value is -3.94. The Morgan fingerprint density at radius 1 is 0.816 bits per heavy atom. The van der Waals surface area contributed by atoms with Crippen molar-refractivity contribution in [2.45, 2.75) is 57.0 Å². The summed E-state index contributed by atoms with van der Waals surface area (Å²) in [5.74, 6) is -12.0. The zero-order chi connectivity index (χ0) is 36.5. The molecule has 0 fully saturated rings. The van der Waals surface area contributed by atoms with Gasteiger partial charge >= 0.3 is 12.1 Å². The molecule has 0 radical (unpaired) electrons. The molecule has 0 aliphatic rings. The summed E-state index contributed by atoms with van der Waals surface area (Å²) in [5.41, 5.74) is 0.991. The van der Waals surface area contributed by atoms with Gasteiger partial charge in [-0.2, -0.15) is 22.0 Å². The number of hydrogen-bond donors (Lipinski definition) is 3. The third-order valence-electron chi connectivity index (χ3n) is 7.00. The number of Topliss-reactive ketones (excluding diaryl/α,β-unsaturated/α-hetero) is 1. The monoisotopic (exact) mass is 749 g/mol. The lowest BCUT2D eigenvalue weighted by molar-refractivity contribution is -0.165. The number of alkyl halides is 5. The van der Waals surface area contributed by atoms with Gasteiger partial charge in [0.1, 0.15) is 24.4 Å². The maximum atomic E-state index is 14.8. The van der Waals surface area contributed by atoms with E-state index in [2.05, 4.69) is 10.6 Å². The van der Waals surface area contributed by atoms with E-state index in [1.807, 2.05) is 0 Å². The quantitative estimate of drug-likeness (QED) is 0.116. The molecule has 3 atom stereocenters. The van der Waals surface area contributed by atoms with E-state index in [1.165, 1.54) is 26.0 Å². The van der Waals surface area contributed by atoms with Crippen LogP contribution in [0.1, 0.15) is 37.5 Å². The third-order valence-corrected chi connectivity index (χ3v) is 7.99. The van der Waals surface area contributed by atoms with Gasteiger partial charge in [-0.15, -0.1) is 0 Å². The molecule has 0 aliphatic heterocycles. The van der Waals surface area contributed by atoms with E-state index < -0.39 is 66.3 Å². The summed E-state index contributed by atoms with van der Waals surface area (Å²) in [4.78, 5) is 51.8. The van der Waals surface area contributed by atoms with Crippen LogP contribution in [0.15, 0.2) is 72.8 Å². The molecule has 16 heteroatoms. The van der Waals surface area contributed by atoms with Gasteiger partial charge in [0.05, 0.1) is 22.5 Å². The third kappa shape index (κ3) is 11.9. The van der Waals surface area contributed by atoms with Crippen LogP contribution in [0, 0.1) is 5.92 Å². The van der Waals surface area contributed by atoms with Crippen LogP contribution in [0.25, 0.3) is 0 Å². The molecule has 49 heavy (non-hydrogen) atoms. The minimum absolute atomic E-state index is 0.157. The lowest BCUT2D eigenvalue weighted by atomic mass is 9.94. The number of rotatable bonds is 15. The number of halogens is 8. The summed E-state index contributed by atoms with van der Waals surface area (Å²) in [6.45, 7) is 0.476. The predicted octanol–water partition coefficient (Wildman–Crippen LogP) is 6.91. The molecule has 0 spiro atoms. The van der Waals surface area contributed by atoms with Crippen molar-refractivity contribution in [1.29, 1.82) is 0 Å². The van der Waals surface area contributed by atoms with E-state index in [9.17, 15) is 41.1 Å². The van der Waals surface area contributed by atoms with E-state index in [-0.39, 0.29) is 22.9 Å². The van der Waals surface area contributed by atoms with Crippen LogP contribution in [0.2, 0.25) is 15.1 Å². The zero-order valence-corrected chi connectivity index (χ0v) is 28.2. The standard InChI is InChI=1S/C33H31Cl3F5N3O5/c1-18(2)28(29(46)33(40,41)31(48)42-17-32(37,38)39)44-30(47)25(14-19-6-4-3-5-7-19)43-27(45)16-26(20-8-13-23(35)24(36)15-20)49-22-11-9-21(34)10-12-22/h3-13,15,18,25-26,28H,14,16-17H2,1-2H3,(H,42,48)(H,43,45)(H,44,47)/t25?,26?,28-/m0/s1. The van der Waals surface area contributed by atoms with Crippen molar-refractivity contribution in [1.82, 2.24) is 16.0 Å². The van der Waals surface area contributed by atoms with E-state index in [0.717, 1.165) is 5.32 Å². The van der Waals surface area contributed by atoms with Crippen molar-refractivity contribution in [3.05, 3.63) is 99.0 Å². The SMILES string of the molecule is CC(C)[C@H](NC(=O)C(Cc1ccccc1)NC(=O)CC(Oc1ccc(Cl)cc1)c1ccc(Cl)c(Cl)c1)C(=O)C(F)(F)C(=O)NCC(F)(F)F. The van der Waals surface area contributed by atoms with Gasteiger partial charge in [0.2, 0.25) is 17.6 Å². The fraction of sp³-hybridized carbons (Fsp3) is 0.333. The highest BCUT2D eigenvalue weighted by molar-refractivity contribution is 6.42. The summed E-state index contributed by atoms with van der Waals surface area (Å²) < 4.78 is 73.1. The summed E-state index contributed by atoms with van der Waals surface area (Å²) in [6.07, 6.45) is -6.53. The molecular weight excluding hydrogens is 720 g/mol. The Morgan fingerprint density at radius 2 is 1.45 bits per heavy atom. The van der Waals surface area contributed by atoms with E-state index >= 15 is 0 Å².